The molecule has 1 N–H and O–H groups in total. The van der Waals surface area contributed by atoms with E-state index in [0.717, 1.165) is 23.9 Å². The van der Waals surface area contributed by atoms with Crippen molar-refractivity contribution in [3.8, 4) is 0 Å². The minimum atomic E-state index is -0.715. The second kappa shape index (κ2) is 5.08. The van der Waals surface area contributed by atoms with Crippen molar-refractivity contribution in [2.45, 2.75) is 64.1 Å². The Morgan fingerprint density at radius 2 is 1.70 bits per heavy atom. The summed E-state index contributed by atoms with van der Waals surface area (Å²) < 4.78 is 12.1. The molecule has 1 aliphatic carbocycles. The maximum absolute atomic E-state index is 11.7. The van der Waals surface area contributed by atoms with Gasteiger partial charge in [0.25, 0.3) is 0 Å². The summed E-state index contributed by atoms with van der Waals surface area (Å²) in [7, 11) is -0.406. The van der Waals surface area contributed by atoms with Crippen LogP contribution in [0.3, 0.4) is 0 Å². The molecule has 0 aromatic heterocycles. The summed E-state index contributed by atoms with van der Waals surface area (Å²) in [5.41, 5.74) is 0.382. The molecule has 2 fully saturated rings. The predicted molar refractivity (Wildman–Crippen MR) is 89.9 cm³/mol. The standard InChI is InChI=1S/C18H25BO4/c1-6-12-11-18(12,15(20)21)13-7-9-14(10-8-13)19-22-16(2,3)17(4,5)23-19/h7-10,12H,6,11H2,1-5H3,(H,20,21). The largest absolute Gasteiger partial charge is 0.494 e. The zero-order valence-corrected chi connectivity index (χ0v) is 14.6. The third-order valence-corrected chi connectivity index (χ3v) is 5.93. The maximum Gasteiger partial charge on any atom is 0.494 e. The van der Waals surface area contributed by atoms with Crippen molar-refractivity contribution in [3.05, 3.63) is 29.8 Å². The molecule has 5 heteroatoms. The minimum Gasteiger partial charge on any atom is -0.481 e. The first kappa shape index (κ1) is 16.5. The zero-order valence-electron chi connectivity index (χ0n) is 14.6. The van der Waals surface area contributed by atoms with Crippen LogP contribution in [0.15, 0.2) is 24.3 Å². The quantitative estimate of drug-likeness (QED) is 0.868. The highest BCUT2D eigenvalue weighted by molar-refractivity contribution is 6.62. The highest BCUT2D eigenvalue weighted by atomic mass is 16.7. The second-order valence-electron chi connectivity index (χ2n) is 7.80. The van der Waals surface area contributed by atoms with Crippen LogP contribution >= 0.6 is 0 Å². The molecule has 2 unspecified atom stereocenters. The van der Waals surface area contributed by atoms with Crippen molar-refractivity contribution >= 4 is 18.6 Å². The van der Waals surface area contributed by atoms with Gasteiger partial charge in [-0.3, -0.25) is 4.79 Å². The Labute approximate surface area is 138 Å². The van der Waals surface area contributed by atoms with Crippen LogP contribution in [-0.2, 0) is 19.5 Å². The molecule has 0 radical (unpaired) electrons. The topological polar surface area (TPSA) is 55.8 Å². The fraction of sp³-hybridized carbons (Fsp3) is 0.611. The molecule has 124 valence electrons. The molecule has 1 saturated heterocycles. The molecule has 2 atom stereocenters. The Hall–Kier alpha value is -1.33. The number of hydrogen-bond acceptors (Lipinski definition) is 3. The summed E-state index contributed by atoms with van der Waals surface area (Å²) in [6.07, 6.45) is 1.62. The van der Waals surface area contributed by atoms with Crippen LogP contribution in [0.2, 0.25) is 0 Å². The fourth-order valence-electron chi connectivity index (χ4n) is 3.48. The number of rotatable bonds is 4. The van der Waals surface area contributed by atoms with Crippen molar-refractivity contribution < 1.29 is 19.2 Å². The van der Waals surface area contributed by atoms with Gasteiger partial charge in [0.2, 0.25) is 0 Å². The first-order valence-corrected chi connectivity index (χ1v) is 8.33. The lowest BCUT2D eigenvalue weighted by Gasteiger charge is -2.32. The van der Waals surface area contributed by atoms with Gasteiger partial charge in [-0.15, -0.1) is 0 Å². The lowest BCUT2D eigenvalue weighted by molar-refractivity contribution is -0.140. The van der Waals surface area contributed by atoms with Crippen molar-refractivity contribution in [3.63, 3.8) is 0 Å². The summed E-state index contributed by atoms with van der Waals surface area (Å²) in [6.45, 7) is 10.1. The molecule has 2 aliphatic rings. The molecule has 1 aliphatic heterocycles. The van der Waals surface area contributed by atoms with Crippen LogP contribution in [0.25, 0.3) is 0 Å². The Bertz CT molecular complexity index is 606. The molecule has 4 nitrogen and oxygen atoms in total. The van der Waals surface area contributed by atoms with E-state index in [4.69, 9.17) is 9.31 Å². The average Bonchev–Trinajstić information content (AvgIpc) is 3.17. The molecular weight excluding hydrogens is 291 g/mol. The summed E-state index contributed by atoms with van der Waals surface area (Å²) in [4.78, 5) is 11.7. The Kier molecular flexibility index (Phi) is 3.65. The van der Waals surface area contributed by atoms with E-state index < -0.39 is 18.5 Å². The maximum atomic E-state index is 11.7. The van der Waals surface area contributed by atoms with E-state index in [9.17, 15) is 9.90 Å². The summed E-state index contributed by atoms with van der Waals surface area (Å²) in [5, 5.41) is 9.63. The molecule has 23 heavy (non-hydrogen) atoms. The summed E-state index contributed by atoms with van der Waals surface area (Å²) in [6, 6.07) is 7.72. The average molecular weight is 316 g/mol. The van der Waals surface area contributed by atoms with Crippen LogP contribution in [0, 0.1) is 5.92 Å². The van der Waals surface area contributed by atoms with Crippen LogP contribution in [0.4, 0.5) is 0 Å². The van der Waals surface area contributed by atoms with Gasteiger partial charge in [-0.1, -0.05) is 37.6 Å². The van der Waals surface area contributed by atoms with Crippen molar-refractivity contribution in [2.24, 2.45) is 5.92 Å². The SMILES string of the molecule is CCC1CC1(C(=O)O)c1ccc(B2OC(C)(C)C(C)(C)O2)cc1. The summed E-state index contributed by atoms with van der Waals surface area (Å²) >= 11 is 0. The predicted octanol–water partition coefficient (Wildman–Crippen LogP) is 2.74. The minimum absolute atomic E-state index is 0.239. The third-order valence-electron chi connectivity index (χ3n) is 5.93. The van der Waals surface area contributed by atoms with E-state index >= 15 is 0 Å². The molecular formula is C18H25BO4. The zero-order chi connectivity index (χ0) is 17.0. The van der Waals surface area contributed by atoms with Gasteiger partial charge in [0, 0.05) is 0 Å². The normalized spacial score (nSPS) is 31.2. The molecule has 1 heterocycles. The van der Waals surface area contributed by atoms with E-state index in [2.05, 4.69) is 0 Å². The van der Waals surface area contributed by atoms with Gasteiger partial charge in [0.1, 0.15) is 0 Å². The van der Waals surface area contributed by atoms with Gasteiger partial charge >= 0.3 is 13.1 Å². The van der Waals surface area contributed by atoms with Crippen LogP contribution in [0.5, 0.6) is 0 Å². The molecule has 1 aromatic carbocycles. The van der Waals surface area contributed by atoms with Gasteiger partial charge in [0.05, 0.1) is 16.6 Å². The smallest absolute Gasteiger partial charge is 0.481 e. The first-order chi connectivity index (χ1) is 10.6. The van der Waals surface area contributed by atoms with Crippen molar-refractivity contribution in [1.82, 2.24) is 0 Å². The first-order valence-electron chi connectivity index (χ1n) is 8.33. The van der Waals surface area contributed by atoms with Crippen molar-refractivity contribution in [2.75, 3.05) is 0 Å². The molecule has 0 spiro atoms. The van der Waals surface area contributed by atoms with Crippen LogP contribution in [0.1, 0.15) is 53.0 Å². The summed E-state index contributed by atoms with van der Waals surface area (Å²) in [5.74, 6) is -0.476. The van der Waals surface area contributed by atoms with Gasteiger partial charge in [-0.2, -0.15) is 0 Å². The van der Waals surface area contributed by atoms with E-state index in [-0.39, 0.29) is 17.1 Å². The van der Waals surface area contributed by atoms with E-state index in [1.165, 1.54) is 0 Å². The fourth-order valence-corrected chi connectivity index (χ4v) is 3.48. The monoisotopic (exact) mass is 316 g/mol. The number of carbonyl (C=O) groups is 1. The Balaban J connectivity index is 1.83. The van der Waals surface area contributed by atoms with Crippen LogP contribution < -0.4 is 5.46 Å². The lowest BCUT2D eigenvalue weighted by atomic mass is 9.77. The number of benzene rings is 1. The second-order valence-corrected chi connectivity index (χ2v) is 7.80. The number of aliphatic carboxylic acids is 1. The molecule has 3 rings (SSSR count). The highest BCUT2D eigenvalue weighted by Crippen LogP contribution is 2.56. The van der Waals surface area contributed by atoms with E-state index in [1.807, 2.05) is 58.9 Å². The van der Waals surface area contributed by atoms with Gasteiger partial charge < -0.3 is 14.4 Å². The number of carboxylic acids is 1. The third kappa shape index (κ3) is 2.41. The van der Waals surface area contributed by atoms with Gasteiger partial charge in [-0.05, 0) is 51.1 Å². The van der Waals surface area contributed by atoms with E-state index in [0.29, 0.717) is 0 Å². The Morgan fingerprint density at radius 1 is 1.17 bits per heavy atom. The van der Waals surface area contributed by atoms with Gasteiger partial charge in [0.15, 0.2) is 0 Å². The lowest BCUT2D eigenvalue weighted by Crippen LogP contribution is -2.41. The molecule has 1 saturated carbocycles. The van der Waals surface area contributed by atoms with Crippen molar-refractivity contribution in [1.29, 1.82) is 0 Å². The van der Waals surface area contributed by atoms with Gasteiger partial charge in [-0.25, -0.2) is 0 Å². The van der Waals surface area contributed by atoms with E-state index in [1.54, 1.807) is 0 Å². The van der Waals surface area contributed by atoms with Crippen LogP contribution in [-0.4, -0.2) is 29.4 Å². The molecule has 1 aromatic rings. The molecule has 0 amide bonds. The highest BCUT2D eigenvalue weighted by Gasteiger charge is 2.60. The Morgan fingerprint density at radius 3 is 2.09 bits per heavy atom. The number of carboxylic acid groups (broad SMARTS) is 1. The molecule has 0 bridgehead atoms. The number of hydrogen-bond donors (Lipinski definition) is 1.